The first-order chi connectivity index (χ1) is 11.4. The van der Waals surface area contributed by atoms with Gasteiger partial charge in [0, 0.05) is 6.61 Å². The quantitative estimate of drug-likeness (QED) is 0.421. The van der Waals surface area contributed by atoms with E-state index in [0.717, 1.165) is 36.7 Å². The van der Waals surface area contributed by atoms with Gasteiger partial charge in [-0.2, -0.15) is 0 Å². The molecule has 23 heavy (non-hydrogen) atoms. The fraction of sp³-hybridized carbons (Fsp3) is 0.684. The summed E-state index contributed by atoms with van der Waals surface area (Å²) in [6, 6.07) is 6.01. The summed E-state index contributed by atoms with van der Waals surface area (Å²) in [4.78, 5) is 0. The number of hydrogen-bond acceptors (Lipinski definition) is 4. The molecule has 1 fully saturated rings. The zero-order valence-electron chi connectivity index (χ0n) is 13.9. The Morgan fingerprint density at radius 2 is 1.65 bits per heavy atom. The normalized spacial score (nSPS) is 18.3. The first-order valence-corrected chi connectivity index (χ1v) is 9.00. The highest BCUT2D eigenvalue weighted by molar-refractivity contribution is 5.44. The van der Waals surface area contributed by atoms with Crippen LogP contribution in [0.5, 0.6) is 11.5 Å². The van der Waals surface area contributed by atoms with Crippen molar-refractivity contribution in [3.05, 3.63) is 23.8 Å². The Morgan fingerprint density at radius 3 is 2.48 bits per heavy atom. The molecule has 1 unspecified atom stereocenters. The average molecular weight is 320 g/mol. The fourth-order valence-electron chi connectivity index (χ4n) is 2.92. The molecule has 1 aromatic carbocycles. The molecule has 4 heteroatoms. The van der Waals surface area contributed by atoms with Gasteiger partial charge in [0.05, 0.1) is 19.3 Å². The van der Waals surface area contributed by atoms with Gasteiger partial charge < -0.3 is 18.9 Å². The lowest BCUT2D eigenvalue weighted by molar-refractivity contribution is 0.116. The Bertz CT molecular complexity index is 470. The topological polar surface area (TPSA) is 40.2 Å². The van der Waals surface area contributed by atoms with Crippen LogP contribution in [0.25, 0.3) is 0 Å². The third kappa shape index (κ3) is 6.04. The molecule has 1 saturated heterocycles. The van der Waals surface area contributed by atoms with Crippen molar-refractivity contribution in [1.29, 1.82) is 0 Å². The van der Waals surface area contributed by atoms with Crippen molar-refractivity contribution in [2.24, 2.45) is 0 Å². The summed E-state index contributed by atoms with van der Waals surface area (Å²) in [6.07, 6.45) is 11.0. The van der Waals surface area contributed by atoms with Crippen LogP contribution in [0.2, 0.25) is 0 Å². The van der Waals surface area contributed by atoms with E-state index in [2.05, 4.69) is 0 Å². The summed E-state index contributed by atoms with van der Waals surface area (Å²) in [7, 11) is 0. The van der Waals surface area contributed by atoms with Crippen molar-refractivity contribution >= 4 is 0 Å². The molecule has 0 amide bonds. The van der Waals surface area contributed by atoms with Gasteiger partial charge in [-0.15, -0.1) is 0 Å². The minimum absolute atomic E-state index is 0.327. The Kier molecular flexibility index (Phi) is 6.59. The maximum absolute atomic E-state index is 5.75. The Hall–Kier alpha value is -1.26. The molecule has 3 rings (SSSR count). The number of hydrogen-bond donors (Lipinski definition) is 0. The predicted molar refractivity (Wildman–Crippen MR) is 88.9 cm³/mol. The van der Waals surface area contributed by atoms with E-state index in [1.807, 2.05) is 18.2 Å². The molecule has 0 aliphatic carbocycles. The van der Waals surface area contributed by atoms with Gasteiger partial charge >= 0.3 is 0 Å². The maximum Gasteiger partial charge on any atom is 0.231 e. The lowest BCUT2D eigenvalue weighted by Gasteiger charge is -2.06. The van der Waals surface area contributed by atoms with Crippen molar-refractivity contribution in [3.63, 3.8) is 0 Å². The zero-order valence-corrected chi connectivity index (χ0v) is 13.9. The number of benzene rings is 1. The van der Waals surface area contributed by atoms with E-state index in [-0.39, 0.29) is 0 Å². The van der Waals surface area contributed by atoms with Gasteiger partial charge in [0.1, 0.15) is 0 Å². The molecule has 0 aromatic heterocycles. The summed E-state index contributed by atoms with van der Waals surface area (Å²) in [5.41, 5.74) is 1.15. The zero-order chi connectivity index (χ0) is 15.7. The molecule has 0 bridgehead atoms. The molecule has 0 saturated carbocycles. The van der Waals surface area contributed by atoms with Crippen LogP contribution < -0.4 is 9.47 Å². The van der Waals surface area contributed by atoms with Crippen molar-refractivity contribution in [1.82, 2.24) is 0 Å². The molecule has 1 aromatic rings. The van der Waals surface area contributed by atoms with Gasteiger partial charge in [0.15, 0.2) is 11.5 Å². The van der Waals surface area contributed by atoms with Crippen LogP contribution in [0.1, 0.15) is 56.9 Å². The molecule has 1 atom stereocenters. The predicted octanol–water partition coefficient (Wildman–Crippen LogP) is 4.45. The van der Waals surface area contributed by atoms with Gasteiger partial charge in [-0.1, -0.05) is 44.6 Å². The van der Waals surface area contributed by atoms with E-state index in [1.165, 1.54) is 44.9 Å². The molecule has 128 valence electrons. The van der Waals surface area contributed by atoms with Crippen LogP contribution in [-0.2, 0) is 16.1 Å². The first kappa shape index (κ1) is 16.6. The van der Waals surface area contributed by atoms with E-state index < -0.39 is 0 Å². The molecule has 4 nitrogen and oxygen atoms in total. The first-order valence-electron chi connectivity index (χ1n) is 9.00. The molecule has 0 spiro atoms. The lowest BCUT2D eigenvalue weighted by atomic mass is 10.1. The number of ether oxygens (including phenoxy) is 4. The highest BCUT2D eigenvalue weighted by atomic mass is 16.7. The fourth-order valence-corrected chi connectivity index (χ4v) is 2.92. The van der Waals surface area contributed by atoms with Gasteiger partial charge in [0.2, 0.25) is 6.79 Å². The van der Waals surface area contributed by atoms with Crippen molar-refractivity contribution < 1.29 is 18.9 Å². The van der Waals surface area contributed by atoms with Crippen molar-refractivity contribution in [3.8, 4) is 11.5 Å². The minimum Gasteiger partial charge on any atom is -0.454 e. The lowest BCUT2D eigenvalue weighted by Crippen LogP contribution is -1.96. The number of fused-ring (bicyclic) bond motifs is 1. The summed E-state index contributed by atoms with van der Waals surface area (Å²) >= 11 is 0. The smallest absolute Gasteiger partial charge is 0.231 e. The molecule has 0 N–H and O–H groups in total. The van der Waals surface area contributed by atoms with Crippen LogP contribution in [0, 0.1) is 0 Å². The monoisotopic (exact) mass is 320 g/mol. The molecule has 2 aliphatic rings. The third-order valence-electron chi connectivity index (χ3n) is 4.42. The Balaban J connectivity index is 1.13. The summed E-state index contributed by atoms with van der Waals surface area (Å²) < 4.78 is 21.6. The van der Waals surface area contributed by atoms with Crippen LogP contribution >= 0.6 is 0 Å². The van der Waals surface area contributed by atoms with E-state index in [0.29, 0.717) is 19.5 Å². The number of epoxide rings is 1. The highest BCUT2D eigenvalue weighted by Gasteiger charge is 2.20. The van der Waals surface area contributed by atoms with Gasteiger partial charge in [0.25, 0.3) is 0 Å². The van der Waals surface area contributed by atoms with Crippen LogP contribution in [-0.4, -0.2) is 26.1 Å². The molecule has 0 radical (unpaired) electrons. The second-order valence-electron chi connectivity index (χ2n) is 6.46. The minimum atomic E-state index is 0.327. The SMILES string of the molecule is c1cc2c(cc1COCCCCCCCCCC1CO1)OCO2. The standard InChI is InChI=1S/C19H28O4/c1(2-4-6-8-17-14-21-17)3-5-7-11-20-13-16-9-10-18-19(12-16)23-15-22-18/h9-10,12,17H,1-8,11,13-15H2. The van der Waals surface area contributed by atoms with Crippen LogP contribution in [0.15, 0.2) is 18.2 Å². The van der Waals surface area contributed by atoms with Crippen LogP contribution in [0.4, 0.5) is 0 Å². The Morgan fingerprint density at radius 1 is 0.913 bits per heavy atom. The average Bonchev–Trinajstić information content (AvgIpc) is 3.27. The molecule has 2 heterocycles. The van der Waals surface area contributed by atoms with E-state index in [4.69, 9.17) is 18.9 Å². The van der Waals surface area contributed by atoms with Gasteiger partial charge in [-0.3, -0.25) is 0 Å². The second kappa shape index (κ2) is 9.14. The molecular formula is C19H28O4. The second-order valence-corrected chi connectivity index (χ2v) is 6.46. The molecule has 2 aliphatic heterocycles. The number of unbranched alkanes of at least 4 members (excludes halogenated alkanes) is 6. The van der Waals surface area contributed by atoms with Gasteiger partial charge in [-0.05, 0) is 30.5 Å². The van der Waals surface area contributed by atoms with Crippen molar-refractivity contribution in [2.75, 3.05) is 20.0 Å². The third-order valence-corrected chi connectivity index (χ3v) is 4.42. The molecular weight excluding hydrogens is 292 g/mol. The Labute approximate surface area is 139 Å². The van der Waals surface area contributed by atoms with E-state index >= 15 is 0 Å². The highest BCUT2D eigenvalue weighted by Crippen LogP contribution is 2.32. The maximum atomic E-state index is 5.75. The summed E-state index contributed by atoms with van der Waals surface area (Å²) in [5, 5.41) is 0. The van der Waals surface area contributed by atoms with E-state index in [9.17, 15) is 0 Å². The largest absolute Gasteiger partial charge is 0.454 e. The summed E-state index contributed by atoms with van der Waals surface area (Å²) in [6.45, 7) is 2.83. The summed E-state index contributed by atoms with van der Waals surface area (Å²) in [5.74, 6) is 1.66. The van der Waals surface area contributed by atoms with Gasteiger partial charge in [-0.25, -0.2) is 0 Å². The van der Waals surface area contributed by atoms with Crippen LogP contribution in [0.3, 0.4) is 0 Å². The number of rotatable bonds is 12. The van der Waals surface area contributed by atoms with E-state index in [1.54, 1.807) is 0 Å². The van der Waals surface area contributed by atoms with Crippen molar-refractivity contribution in [2.45, 2.75) is 64.1 Å².